The van der Waals surface area contributed by atoms with Gasteiger partial charge < -0.3 is 9.15 Å². The Labute approximate surface area is 147 Å². The molecule has 1 aromatic heterocycles. The summed E-state index contributed by atoms with van der Waals surface area (Å²) < 4.78 is 10.5. The lowest BCUT2D eigenvalue weighted by molar-refractivity contribution is -0.120. The number of furan rings is 1. The van der Waals surface area contributed by atoms with Gasteiger partial charge in [-0.25, -0.2) is 9.80 Å². The summed E-state index contributed by atoms with van der Waals surface area (Å²) in [6.07, 6.45) is 2.15. The van der Waals surface area contributed by atoms with Crippen LogP contribution in [0.1, 0.15) is 56.2 Å². The van der Waals surface area contributed by atoms with Gasteiger partial charge in [0.25, 0.3) is 0 Å². The summed E-state index contributed by atoms with van der Waals surface area (Å²) in [6.45, 7) is 7.00. The molecule has 0 bridgehead atoms. The number of hydrogen-bond donors (Lipinski definition) is 0. The molecule has 25 heavy (non-hydrogen) atoms. The lowest BCUT2D eigenvalue weighted by atomic mass is 9.82. The molecule has 1 amide bonds. The number of nitrogens with zero attached hydrogens (tertiary/aromatic N) is 2. The maximum absolute atomic E-state index is 12.8. The Morgan fingerprint density at radius 3 is 2.56 bits per heavy atom. The molecule has 136 valence electrons. The van der Waals surface area contributed by atoms with E-state index in [4.69, 9.17) is 9.15 Å². The van der Waals surface area contributed by atoms with Crippen LogP contribution in [0.3, 0.4) is 0 Å². The Kier molecular flexibility index (Phi) is 5.45. The molecule has 1 fully saturated rings. The van der Waals surface area contributed by atoms with Crippen molar-refractivity contribution < 1.29 is 23.5 Å². The van der Waals surface area contributed by atoms with Crippen molar-refractivity contribution in [3.8, 4) is 0 Å². The first-order valence-electron chi connectivity index (χ1n) is 8.25. The molecule has 1 aliphatic carbocycles. The fraction of sp³-hybridized carbons (Fsp3) is 0.556. The molecule has 0 radical (unpaired) electrons. The topological polar surface area (TPSA) is 89.2 Å². The van der Waals surface area contributed by atoms with Crippen LogP contribution in [0.4, 0.5) is 4.79 Å². The third-order valence-electron chi connectivity index (χ3n) is 3.80. The Balaban J connectivity index is 2.27. The third-order valence-corrected chi connectivity index (χ3v) is 3.80. The van der Waals surface area contributed by atoms with Crippen LogP contribution in [-0.4, -0.2) is 41.0 Å². The van der Waals surface area contributed by atoms with Crippen LogP contribution in [0.5, 0.6) is 0 Å². The number of ketones is 2. The van der Waals surface area contributed by atoms with E-state index in [1.807, 2.05) is 0 Å². The summed E-state index contributed by atoms with van der Waals surface area (Å²) in [6, 6.07) is 1.67. The summed E-state index contributed by atoms with van der Waals surface area (Å²) in [5.41, 5.74) is 0.377. The van der Waals surface area contributed by atoms with Gasteiger partial charge in [-0.2, -0.15) is 5.10 Å². The van der Waals surface area contributed by atoms with Gasteiger partial charge in [-0.05, 0) is 52.2 Å². The van der Waals surface area contributed by atoms with Gasteiger partial charge in [0.05, 0.1) is 12.0 Å². The molecular formula is C18H24N2O5. The highest BCUT2D eigenvalue weighted by atomic mass is 16.6. The van der Waals surface area contributed by atoms with E-state index in [-0.39, 0.29) is 11.5 Å². The van der Waals surface area contributed by atoms with Crippen LogP contribution in [0, 0.1) is 12.8 Å². The van der Waals surface area contributed by atoms with Gasteiger partial charge in [0.1, 0.15) is 17.3 Å². The zero-order valence-corrected chi connectivity index (χ0v) is 15.3. The number of hydrogen-bond acceptors (Lipinski definition) is 6. The van der Waals surface area contributed by atoms with Gasteiger partial charge in [0.15, 0.2) is 5.76 Å². The first-order valence-corrected chi connectivity index (χ1v) is 8.25. The summed E-state index contributed by atoms with van der Waals surface area (Å²) in [4.78, 5) is 37.2. The van der Waals surface area contributed by atoms with Crippen LogP contribution >= 0.6 is 0 Å². The van der Waals surface area contributed by atoms with Crippen LogP contribution < -0.4 is 0 Å². The Morgan fingerprint density at radius 2 is 2.00 bits per heavy atom. The number of carbonyl (C=O) groups is 3. The molecule has 7 nitrogen and oxygen atoms in total. The number of ether oxygens (including phenoxy) is 1. The molecule has 0 aliphatic heterocycles. The monoisotopic (exact) mass is 348 g/mol. The van der Waals surface area contributed by atoms with Gasteiger partial charge >= 0.3 is 6.09 Å². The summed E-state index contributed by atoms with van der Waals surface area (Å²) in [7, 11) is 1.44. The van der Waals surface area contributed by atoms with E-state index in [0.29, 0.717) is 30.5 Å². The second-order valence-electron chi connectivity index (χ2n) is 7.15. The number of hydrazone groups is 1. The smallest absolute Gasteiger partial charge is 0.430 e. The predicted octanol–water partition coefficient (Wildman–Crippen LogP) is 3.36. The molecule has 0 aromatic carbocycles. The first-order chi connectivity index (χ1) is 11.6. The normalized spacial score (nSPS) is 19.8. The second-order valence-corrected chi connectivity index (χ2v) is 7.15. The minimum atomic E-state index is -1.01. The van der Waals surface area contributed by atoms with E-state index >= 15 is 0 Å². The van der Waals surface area contributed by atoms with Crippen molar-refractivity contribution in [3.63, 3.8) is 0 Å². The average molecular weight is 348 g/mol. The number of aryl methyl sites for hydroxylation is 1. The molecule has 7 heteroatoms. The fourth-order valence-electron chi connectivity index (χ4n) is 2.64. The van der Waals surface area contributed by atoms with Crippen molar-refractivity contribution in [2.45, 2.75) is 52.6 Å². The van der Waals surface area contributed by atoms with Crippen LogP contribution in [0.15, 0.2) is 21.8 Å². The largest absolute Gasteiger partial charge is 0.461 e. The van der Waals surface area contributed by atoms with E-state index in [1.54, 1.807) is 33.8 Å². The Bertz CT molecular complexity index is 711. The molecule has 1 unspecified atom stereocenters. The summed E-state index contributed by atoms with van der Waals surface area (Å²) >= 11 is 0. The molecule has 1 atom stereocenters. The molecule has 1 heterocycles. The van der Waals surface area contributed by atoms with Gasteiger partial charge in [-0.1, -0.05) is 0 Å². The number of Topliss-reactive ketones (excluding diaryl/α,β-unsaturated/α-hetero) is 2. The van der Waals surface area contributed by atoms with E-state index in [2.05, 4.69) is 5.10 Å². The minimum absolute atomic E-state index is 0.160. The number of amides is 1. The SMILES string of the molecule is Cc1ccoc1C(=O)C1C(=O)CCC/C1=N/N(C)C(=O)OC(C)(C)C. The lowest BCUT2D eigenvalue weighted by Gasteiger charge is -2.25. The fourth-order valence-corrected chi connectivity index (χ4v) is 2.64. The standard InChI is InChI=1S/C18H24N2O5/c1-11-9-10-24-16(11)15(22)14-12(7-6-8-13(14)21)19-20(5)17(23)25-18(2,3)4/h9-10,14H,6-8H2,1-5H3/b19-12-. The quantitative estimate of drug-likeness (QED) is 0.475. The van der Waals surface area contributed by atoms with E-state index in [0.717, 1.165) is 5.01 Å². The molecule has 0 spiro atoms. The zero-order valence-electron chi connectivity index (χ0n) is 15.3. The maximum atomic E-state index is 12.8. The van der Waals surface area contributed by atoms with Gasteiger partial charge in [0.2, 0.25) is 5.78 Å². The highest BCUT2D eigenvalue weighted by molar-refractivity contribution is 6.26. The summed E-state index contributed by atoms with van der Waals surface area (Å²) in [5, 5.41) is 5.24. The van der Waals surface area contributed by atoms with Gasteiger partial charge in [-0.3, -0.25) is 9.59 Å². The average Bonchev–Trinajstić information content (AvgIpc) is 2.91. The Hall–Kier alpha value is -2.44. The molecule has 1 aromatic rings. The molecule has 2 rings (SSSR count). The lowest BCUT2D eigenvalue weighted by Crippen LogP contribution is -2.38. The predicted molar refractivity (Wildman–Crippen MR) is 91.6 cm³/mol. The highest BCUT2D eigenvalue weighted by Gasteiger charge is 2.37. The molecule has 0 saturated heterocycles. The van der Waals surface area contributed by atoms with Crippen LogP contribution in [0.2, 0.25) is 0 Å². The van der Waals surface area contributed by atoms with Crippen molar-refractivity contribution in [1.82, 2.24) is 5.01 Å². The molecule has 1 aliphatic rings. The van der Waals surface area contributed by atoms with E-state index < -0.39 is 23.4 Å². The van der Waals surface area contributed by atoms with Gasteiger partial charge in [-0.15, -0.1) is 0 Å². The molecule has 1 saturated carbocycles. The maximum Gasteiger partial charge on any atom is 0.430 e. The van der Waals surface area contributed by atoms with Crippen LogP contribution in [-0.2, 0) is 9.53 Å². The molecular weight excluding hydrogens is 324 g/mol. The van der Waals surface area contributed by atoms with Crippen molar-refractivity contribution in [3.05, 3.63) is 23.7 Å². The van der Waals surface area contributed by atoms with Crippen molar-refractivity contribution in [2.75, 3.05) is 7.05 Å². The Morgan fingerprint density at radius 1 is 1.32 bits per heavy atom. The minimum Gasteiger partial charge on any atom is -0.461 e. The zero-order chi connectivity index (χ0) is 18.8. The number of carbonyl (C=O) groups excluding carboxylic acids is 3. The summed E-state index contributed by atoms with van der Waals surface area (Å²) in [5.74, 6) is -1.47. The van der Waals surface area contributed by atoms with Gasteiger partial charge in [0, 0.05) is 13.5 Å². The third kappa shape index (κ3) is 4.55. The van der Waals surface area contributed by atoms with Crippen LogP contribution in [0.25, 0.3) is 0 Å². The van der Waals surface area contributed by atoms with Crippen molar-refractivity contribution in [1.29, 1.82) is 0 Å². The van der Waals surface area contributed by atoms with E-state index in [9.17, 15) is 14.4 Å². The highest BCUT2D eigenvalue weighted by Crippen LogP contribution is 2.25. The van der Waals surface area contributed by atoms with E-state index in [1.165, 1.54) is 13.3 Å². The molecule has 0 N–H and O–H groups in total. The van der Waals surface area contributed by atoms with Crippen molar-refractivity contribution in [2.24, 2.45) is 11.0 Å². The second kappa shape index (κ2) is 7.21. The first kappa shape index (κ1) is 18.9. The number of rotatable bonds is 3. The van der Waals surface area contributed by atoms with Crippen molar-refractivity contribution >= 4 is 23.4 Å².